The quantitative estimate of drug-likeness (QED) is 0.504. The Morgan fingerprint density at radius 1 is 1.17 bits per heavy atom. The number of aromatic nitrogens is 3. The van der Waals surface area contributed by atoms with Crippen LogP contribution in [0.2, 0.25) is 5.02 Å². The van der Waals surface area contributed by atoms with Crippen molar-refractivity contribution >= 4 is 29.3 Å². The number of carbonyl (C=O) groups is 1. The number of hydrogen-bond donors (Lipinski definition) is 1. The van der Waals surface area contributed by atoms with Crippen LogP contribution in [0.25, 0.3) is 0 Å². The van der Waals surface area contributed by atoms with E-state index in [4.69, 9.17) is 21.1 Å². The van der Waals surface area contributed by atoms with Crippen LogP contribution in [-0.4, -0.2) is 41.4 Å². The van der Waals surface area contributed by atoms with Crippen LogP contribution >= 0.6 is 23.4 Å². The highest BCUT2D eigenvalue weighted by Crippen LogP contribution is 2.25. The van der Waals surface area contributed by atoms with Gasteiger partial charge >= 0.3 is 0 Å². The van der Waals surface area contributed by atoms with Gasteiger partial charge in [-0.25, -0.2) is 0 Å². The summed E-state index contributed by atoms with van der Waals surface area (Å²) in [5, 5.41) is 12.9. The van der Waals surface area contributed by atoms with Crippen LogP contribution in [0.1, 0.15) is 21.7 Å². The topological polar surface area (TPSA) is 78.3 Å². The van der Waals surface area contributed by atoms with Crippen LogP contribution in [-0.2, 0) is 19.2 Å². The van der Waals surface area contributed by atoms with Gasteiger partial charge in [-0.3, -0.25) is 4.79 Å². The summed E-state index contributed by atoms with van der Waals surface area (Å²) >= 11 is 7.62. The lowest BCUT2D eigenvalue weighted by Crippen LogP contribution is -2.26. The Kier molecular flexibility index (Phi) is 7.59. The van der Waals surface area contributed by atoms with Crippen LogP contribution in [0.3, 0.4) is 0 Å². The molecule has 158 valence electrons. The highest BCUT2D eigenvalue weighted by atomic mass is 35.5. The molecular formula is C21H23ClN4O3S. The zero-order chi connectivity index (χ0) is 21.5. The molecule has 1 N–H and O–H groups in total. The lowest BCUT2D eigenvalue weighted by atomic mass is 10.1. The summed E-state index contributed by atoms with van der Waals surface area (Å²) in [5.74, 6) is 2.42. The van der Waals surface area contributed by atoms with Gasteiger partial charge in [0.25, 0.3) is 5.91 Å². The van der Waals surface area contributed by atoms with Gasteiger partial charge in [0.2, 0.25) is 0 Å². The Morgan fingerprint density at radius 3 is 2.73 bits per heavy atom. The SMILES string of the molecule is COc1ccc(C(=O)NCCc2nnc(SCc3cccc(Cl)c3)n2C)c(OC)c1. The Hall–Kier alpha value is -2.71. The van der Waals surface area contributed by atoms with E-state index >= 15 is 0 Å². The number of halogens is 1. The molecule has 0 saturated carbocycles. The fraction of sp³-hybridized carbons (Fsp3) is 0.286. The molecule has 9 heteroatoms. The van der Waals surface area contributed by atoms with Crippen molar-refractivity contribution in [2.24, 2.45) is 7.05 Å². The molecule has 0 spiro atoms. The Bertz CT molecular complexity index is 1030. The summed E-state index contributed by atoms with van der Waals surface area (Å²) in [5.41, 5.74) is 1.58. The molecule has 0 fully saturated rings. The second kappa shape index (κ2) is 10.4. The molecule has 1 heterocycles. The lowest BCUT2D eigenvalue weighted by molar-refractivity contribution is 0.0951. The number of hydrogen-bond acceptors (Lipinski definition) is 6. The Balaban J connectivity index is 1.55. The van der Waals surface area contributed by atoms with Crippen molar-refractivity contribution < 1.29 is 14.3 Å². The van der Waals surface area contributed by atoms with E-state index < -0.39 is 0 Å². The first-order valence-corrected chi connectivity index (χ1v) is 10.6. The van der Waals surface area contributed by atoms with Gasteiger partial charge in [0.15, 0.2) is 5.16 Å². The number of amides is 1. The van der Waals surface area contributed by atoms with Crippen molar-refractivity contribution in [1.82, 2.24) is 20.1 Å². The molecule has 2 aromatic carbocycles. The summed E-state index contributed by atoms with van der Waals surface area (Å²) in [6, 6.07) is 12.8. The maximum absolute atomic E-state index is 12.5. The summed E-state index contributed by atoms with van der Waals surface area (Å²) in [6.45, 7) is 0.430. The number of methoxy groups -OCH3 is 2. The van der Waals surface area contributed by atoms with Crippen LogP contribution in [0, 0.1) is 0 Å². The van der Waals surface area contributed by atoms with Crippen molar-refractivity contribution in [1.29, 1.82) is 0 Å². The number of nitrogens with zero attached hydrogens (tertiary/aromatic N) is 3. The van der Waals surface area contributed by atoms with Crippen LogP contribution < -0.4 is 14.8 Å². The van der Waals surface area contributed by atoms with E-state index in [1.165, 1.54) is 7.11 Å². The molecule has 0 atom stereocenters. The number of carbonyl (C=O) groups excluding carboxylic acids is 1. The zero-order valence-electron chi connectivity index (χ0n) is 17.0. The molecule has 3 rings (SSSR count). The average Bonchev–Trinajstić information content (AvgIpc) is 3.11. The second-order valence-corrected chi connectivity index (χ2v) is 7.83. The predicted molar refractivity (Wildman–Crippen MR) is 118 cm³/mol. The molecule has 3 aromatic rings. The number of benzene rings is 2. The first-order chi connectivity index (χ1) is 14.5. The van der Waals surface area contributed by atoms with Crippen molar-refractivity contribution in [2.75, 3.05) is 20.8 Å². The molecule has 0 unspecified atom stereocenters. The van der Waals surface area contributed by atoms with Gasteiger partial charge in [0.1, 0.15) is 17.3 Å². The van der Waals surface area contributed by atoms with Gasteiger partial charge in [0.05, 0.1) is 19.8 Å². The highest BCUT2D eigenvalue weighted by molar-refractivity contribution is 7.98. The minimum absolute atomic E-state index is 0.216. The van der Waals surface area contributed by atoms with E-state index in [1.807, 2.05) is 35.9 Å². The molecule has 7 nitrogen and oxygen atoms in total. The summed E-state index contributed by atoms with van der Waals surface area (Å²) in [7, 11) is 5.01. The lowest BCUT2D eigenvalue weighted by Gasteiger charge is -2.11. The molecule has 1 amide bonds. The van der Waals surface area contributed by atoms with E-state index in [9.17, 15) is 4.79 Å². The summed E-state index contributed by atoms with van der Waals surface area (Å²) < 4.78 is 12.4. The third-order valence-corrected chi connectivity index (χ3v) is 5.80. The van der Waals surface area contributed by atoms with Crippen LogP contribution in [0.5, 0.6) is 11.5 Å². The molecule has 1 aromatic heterocycles. The predicted octanol–water partition coefficient (Wildman–Crippen LogP) is 3.75. The van der Waals surface area contributed by atoms with E-state index in [1.54, 1.807) is 37.1 Å². The molecule has 0 bridgehead atoms. The number of thioether (sulfide) groups is 1. The standard InChI is InChI=1S/C21H23ClN4O3S/c1-26-19(24-25-21(26)30-13-14-5-4-6-15(22)11-14)9-10-23-20(27)17-8-7-16(28-2)12-18(17)29-3/h4-8,11-12H,9-10,13H2,1-3H3,(H,23,27). The monoisotopic (exact) mass is 446 g/mol. The number of ether oxygens (including phenoxy) is 2. The normalized spacial score (nSPS) is 10.7. The number of rotatable bonds is 9. The van der Waals surface area contributed by atoms with E-state index in [0.29, 0.717) is 30.0 Å². The molecule has 0 radical (unpaired) electrons. The Morgan fingerprint density at radius 2 is 2.00 bits per heavy atom. The van der Waals surface area contributed by atoms with Gasteiger partial charge in [-0.1, -0.05) is 35.5 Å². The maximum atomic E-state index is 12.5. The summed E-state index contributed by atoms with van der Waals surface area (Å²) in [4.78, 5) is 12.5. The number of nitrogens with one attached hydrogen (secondary N) is 1. The van der Waals surface area contributed by atoms with Crippen molar-refractivity contribution in [2.45, 2.75) is 17.3 Å². The molecule has 0 aliphatic rings. The van der Waals surface area contributed by atoms with Gasteiger partial charge in [-0.2, -0.15) is 0 Å². The zero-order valence-corrected chi connectivity index (χ0v) is 18.6. The Labute approximate surface area is 184 Å². The van der Waals surface area contributed by atoms with Gasteiger partial charge in [0, 0.05) is 36.9 Å². The third-order valence-electron chi connectivity index (χ3n) is 4.47. The van der Waals surface area contributed by atoms with E-state index in [0.717, 1.165) is 27.3 Å². The first-order valence-electron chi connectivity index (χ1n) is 9.27. The van der Waals surface area contributed by atoms with Crippen LogP contribution in [0.15, 0.2) is 47.6 Å². The van der Waals surface area contributed by atoms with Crippen LogP contribution in [0.4, 0.5) is 0 Å². The highest BCUT2D eigenvalue weighted by Gasteiger charge is 2.14. The smallest absolute Gasteiger partial charge is 0.255 e. The minimum Gasteiger partial charge on any atom is -0.497 e. The first kappa shape index (κ1) is 22.0. The maximum Gasteiger partial charge on any atom is 0.255 e. The molecular weight excluding hydrogens is 424 g/mol. The van der Waals surface area contributed by atoms with Gasteiger partial charge in [-0.05, 0) is 29.8 Å². The fourth-order valence-corrected chi connectivity index (χ4v) is 3.92. The van der Waals surface area contributed by atoms with Crippen molar-refractivity contribution in [3.8, 4) is 11.5 Å². The third kappa shape index (κ3) is 5.46. The molecule has 30 heavy (non-hydrogen) atoms. The second-order valence-electron chi connectivity index (χ2n) is 6.45. The van der Waals surface area contributed by atoms with Gasteiger partial charge < -0.3 is 19.4 Å². The molecule has 0 saturated heterocycles. The largest absolute Gasteiger partial charge is 0.497 e. The van der Waals surface area contributed by atoms with E-state index in [-0.39, 0.29) is 5.91 Å². The molecule has 0 aliphatic heterocycles. The van der Waals surface area contributed by atoms with Crippen molar-refractivity contribution in [3.05, 3.63) is 64.4 Å². The average molecular weight is 447 g/mol. The van der Waals surface area contributed by atoms with E-state index in [2.05, 4.69) is 15.5 Å². The van der Waals surface area contributed by atoms with Crippen molar-refractivity contribution in [3.63, 3.8) is 0 Å². The fourth-order valence-electron chi connectivity index (χ4n) is 2.83. The van der Waals surface area contributed by atoms with Gasteiger partial charge in [-0.15, -0.1) is 10.2 Å². The molecule has 0 aliphatic carbocycles. The summed E-state index contributed by atoms with van der Waals surface area (Å²) in [6.07, 6.45) is 0.561. The minimum atomic E-state index is -0.216.